The van der Waals surface area contributed by atoms with Crippen molar-refractivity contribution in [3.63, 3.8) is 0 Å². The smallest absolute Gasteiger partial charge is 0.271 e. The molecule has 32 heavy (non-hydrogen) atoms. The van der Waals surface area contributed by atoms with Crippen molar-refractivity contribution < 1.29 is 18.0 Å². The number of hydrogen-bond acceptors (Lipinski definition) is 5. The van der Waals surface area contributed by atoms with Crippen molar-refractivity contribution >= 4 is 50.5 Å². The van der Waals surface area contributed by atoms with Crippen LogP contribution in [-0.2, 0) is 19.6 Å². The quantitative estimate of drug-likeness (QED) is 0.716. The number of amides is 2. The number of hydrogen-bond donors (Lipinski definition) is 1. The SMILES string of the molecule is Cc1ccc(N2N=C(C(=O)Nc3ccc(S(=O)(=O)N4CCCC4)cc3)CCC2=O)cc1Cl. The maximum Gasteiger partial charge on any atom is 0.271 e. The van der Waals surface area contributed by atoms with E-state index < -0.39 is 15.9 Å². The predicted octanol–water partition coefficient (Wildman–Crippen LogP) is 3.55. The maximum absolute atomic E-state index is 12.7. The van der Waals surface area contributed by atoms with E-state index in [-0.39, 0.29) is 29.4 Å². The molecule has 2 aromatic carbocycles. The third-order valence-corrected chi connectivity index (χ3v) is 7.83. The van der Waals surface area contributed by atoms with Gasteiger partial charge in [-0.25, -0.2) is 13.4 Å². The van der Waals surface area contributed by atoms with Gasteiger partial charge in [0.1, 0.15) is 5.71 Å². The van der Waals surface area contributed by atoms with Crippen LogP contribution in [0.15, 0.2) is 52.5 Å². The summed E-state index contributed by atoms with van der Waals surface area (Å²) in [5.41, 5.74) is 2.01. The van der Waals surface area contributed by atoms with Crippen molar-refractivity contribution in [2.24, 2.45) is 5.10 Å². The molecule has 2 aliphatic rings. The van der Waals surface area contributed by atoms with Crippen LogP contribution in [0.2, 0.25) is 5.02 Å². The molecular weight excluding hydrogens is 452 g/mol. The van der Waals surface area contributed by atoms with E-state index in [2.05, 4.69) is 10.4 Å². The number of nitrogens with zero attached hydrogens (tertiary/aromatic N) is 3. The number of sulfonamides is 1. The number of benzene rings is 2. The highest BCUT2D eigenvalue weighted by atomic mass is 35.5. The highest BCUT2D eigenvalue weighted by Crippen LogP contribution is 2.26. The lowest BCUT2D eigenvalue weighted by molar-refractivity contribution is -0.118. The fraction of sp³-hybridized carbons (Fsp3) is 0.318. The molecule has 0 atom stereocenters. The average molecular weight is 475 g/mol. The summed E-state index contributed by atoms with van der Waals surface area (Å²) in [5.74, 6) is -0.672. The fourth-order valence-electron chi connectivity index (χ4n) is 3.62. The summed E-state index contributed by atoms with van der Waals surface area (Å²) in [6.45, 7) is 2.91. The Labute approximate surface area is 191 Å². The Balaban J connectivity index is 1.49. The third-order valence-electron chi connectivity index (χ3n) is 5.51. The molecule has 0 aliphatic carbocycles. The van der Waals surface area contributed by atoms with Gasteiger partial charge in [0, 0.05) is 36.6 Å². The molecule has 1 N–H and O–H groups in total. The lowest BCUT2D eigenvalue weighted by atomic mass is 10.1. The van der Waals surface area contributed by atoms with E-state index in [1.807, 2.05) is 6.92 Å². The first-order chi connectivity index (χ1) is 15.3. The zero-order valence-electron chi connectivity index (χ0n) is 17.5. The zero-order chi connectivity index (χ0) is 22.9. The van der Waals surface area contributed by atoms with E-state index >= 15 is 0 Å². The largest absolute Gasteiger partial charge is 0.321 e. The lowest BCUT2D eigenvalue weighted by Gasteiger charge is -2.23. The predicted molar refractivity (Wildman–Crippen MR) is 123 cm³/mol. The summed E-state index contributed by atoms with van der Waals surface area (Å²) in [7, 11) is -3.51. The molecule has 2 heterocycles. The average Bonchev–Trinajstić information content (AvgIpc) is 3.32. The molecule has 1 saturated heterocycles. The summed E-state index contributed by atoms with van der Waals surface area (Å²) < 4.78 is 26.7. The van der Waals surface area contributed by atoms with E-state index in [0.29, 0.717) is 29.5 Å². The Morgan fingerprint density at radius 3 is 2.41 bits per heavy atom. The summed E-state index contributed by atoms with van der Waals surface area (Å²) in [5, 5.41) is 8.66. The van der Waals surface area contributed by atoms with Gasteiger partial charge in [-0.3, -0.25) is 9.59 Å². The third kappa shape index (κ3) is 4.55. The normalized spacial score (nSPS) is 17.4. The Hall–Kier alpha value is -2.75. The standard InChI is InChI=1S/C22H23ClN4O4S/c1-15-4-7-17(14-19(15)23)27-21(28)11-10-20(25-27)22(29)24-16-5-8-18(9-6-16)32(30,31)26-12-2-3-13-26/h4-9,14H,2-3,10-13H2,1H3,(H,24,29). The molecule has 2 aromatic rings. The molecule has 1 fully saturated rings. The van der Waals surface area contributed by atoms with Crippen LogP contribution in [0.1, 0.15) is 31.2 Å². The number of hydrazone groups is 1. The second kappa shape index (κ2) is 9.01. The molecule has 0 spiro atoms. The van der Waals surface area contributed by atoms with Crippen molar-refractivity contribution in [1.82, 2.24) is 4.31 Å². The van der Waals surface area contributed by atoms with Crippen LogP contribution < -0.4 is 10.3 Å². The highest BCUT2D eigenvalue weighted by Gasteiger charge is 2.28. The van der Waals surface area contributed by atoms with Gasteiger partial charge in [-0.1, -0.05) is 17.7 Å². The highest BCUT2D eigenvalue weighted by molar-refractivity contribution is 7.89. The number of carbonyl (C=O) groups is 2. The summed E-state index contributed by atoms with van der Waals surface area (Å²) in [4.78, 5) is 25.3. The topological polar surface area (TPSA) is 99.2 Å². The van der Waals surface area contributed by atoms with Crippen LogP contribution in [0, 0.1) is 6.92 Å². The minimum atomic E-state index is -3.51. The van der Waals surface area contributed by atoms with E-state index in [1.54, 1.807) is 30.3 Å². The Morgan fingerprint density at radius 2 is 1.75 bits per heavy atom. The molecule has 4 rings (SSSR count). The summed E-state index contributed by atoms with van der Waals surface area (Å²) in [6.07, 6.45) is 2.08. The second-order valence-corrected chi connectivity index (χ2v) is 10.1. The number of nitrogens with one attached hydrogen (secondary N) is 1. The number of rotatable bonds is 5. The van der Waals surface area contributed by atoms with Gasteiger partial charge in [-0.15, -0.1) is 0 Å². The van der Waals surface area contributed by atoms with Crippen molar-refractivity contribution in [2.75, 3.05) is 23.4 Å². The van der Waals surface area contributed by atoms with Gasteiger partial charge >= 0.3 is 0 Å². The van der Waals surface area contributed by atoms with E-state index in [0.717, 1.165) is 18.4 Å². The molecule has 2 aliphatic heterocycles. The fourth-order valence-corrected chi connectivity index (χ4v) is 5.31. The lowest BCUT2D eigenvalue weighted by Crippen LogP contribution is -2.36. The van der Waals surface area contributed by atoms with Crippen LogP contribution >= 0.6 is 11.6 Å². The first-order valence-corrected chi connectivity index (χ1v) is 12.2. The van der Waals surface area contributed by atoms with Crippen LogP contribution in [0.4, 0.5) is 11.4 Å². The van der Waals surface area contributed by atoms with Crippen molar-refractivity contribution in [3.8, 4) is 0 Å². The minimum absolute atomic E-state index is 0.144. The molecule has 0 unspecified atom stereocenters. The molecule has 8 nitrogen and oxygen atoms in total. The van der Waals surface area contributed by atoms with E-state index in [4.69, 9.17) is 11.6 Å². The van der Waals surface area contributed by atoms with Crippen LogP contribution in [0.5, 0.6) is 0 Å². The zero-order valence-corrected chi connectivity index (χ0v) is 19.1. The van der Waals surface area contributed by atoms with Crippen LogP contribution in [-0.4, -0.2) is 43.3 Å². The molecule has 0 radical (unpaired) electrons. The molecule has 0 saturated carbocycles. The first-order valence-electron chi connectivity index (χ1n) is 10.3. The van der Waals surface area contributed by atoms with Gasteiger partial charge in [0.05, 0.1) is 10.6 Å². The number of halogens is 1. The number of anilines is 2. The maximum atomic E-state index is 12.7. The second-order valence-electron chi connectivity index (χ2n) is 7.78. The van der Waals surface area contributed by atoms with Gasteiger partial charge in [0.2, 0.25) is 15.9 Å². The number of carbonyl (C=O) groups excluding carboxylic acids is 2. The van der Waals surface area contributed by atoms with Gasteiger partial charge < -0.3 is 5.32 Å². The molecule has 0 bridgehead atoms. The van der Waals surface area contributed by atoms with Crippen molar-refractivity contribution in [2.45, 2.75) is 37.5 Å². The van der Waals surface area contributed by atoms with Gasteiger partial charge in [0.15, 0.2) is 0 Å². The Kier molecular flexibility index (Phi) is 6.32. The van der Waals surface area contributed by atoms with Crippen LogP contribution in [0.25, 0.3) is 0 Å². The van der Waals surface area contributed by atoms with E-state index in [1.165, 1.54) is 21.4 Å². The molecule has 10 heteroatoms. The molecular formula is C22H23ClN4O4S. The summed E-state index contributed by atoms with van der Waals surface area (Å²) in [6, 6.07) is 11.2. The molecule has 0 aromatic heterocycles. The minimum Gasteiger partial charge on any atom is -0.321 e. The van der Waals surface area contributed by atoms with Gasteiger partial charge in [-0.05, 0) is 61.7 Å². The number of aryl methyl sites for hydroxylation is 1. The van der Waals surface area contributed by atoms with Crippen molar-refractivity contribution in [3.05, 3.63) is 53.1 Å². The Morgan fingerprint density at radius 1 is 1.06 bits per heavy atom. The monoisotopic (exact) mass is 474 g/mol. The summed E-state index contributed by atoms with van der Waals surface area (Å²) >= 11 is 6.16. The van der Waals surface area contributed by atoms with Gasteiger partial charge in [-0.2, -0.15) is 9.41 Å². The Bertz CT molecular complexity index is 1190. The molecule has 2 amide bonds. The van der Waals surface area contributed by atoms with E-state index in [9.17, 15) is 18.0 Å². The van der Waals surface area contributed by atoms with Crippen molar-refractivity contribution in [1.29, 1.82) is 0 Å². The van der Waals surface area contributed by atoms with Crippen LogP contribution in [0.3, 0.4) is 0 Å². The van der Waals surface area contributed by atoms with Gasteiger partial charge in [0.25, 0.3) is 5.91 Å². The molecule has 168 valence electrons. The first kappa shape index (κ1) is 22.4.